The second-order valence-electron chi connectivity index (χ2n) is 2.88. The topological polar surface area (TPSA) is 12.0 Å². The van der Waals surface area contributed by atoms with Crippen molar-refractivity contribution in [1.82, 2.24) is 0 Å². The molecule has 0 bridgehead atoms. The second-order valence-corrected chi connectivity index (χ2v) is 3.69. The Hall–Kier alpha value is -0.400. The van der Waals surface area contributed by atoms with E-state index >= 15 is 0 Å². The van der Waals surface area contributed by atoms with E-state index in [0.717, 1.165) is 25.1 Å². The van der Waals surface area contributed by atoms with Gasteiger partial charge in [0.15, 0.2) is 0 Å². The quantitative estimate of drug-likeness (QED) is 0.746. The Morgan fingerprint density at radius 2 is 1.85 bits per heavy atom. The van der Waals surface area contributed by atoms with Gasteiger partial charge in [-0.05, 0) is 18.6 Å². The Morgan fingerprint density at radius 1 is 1.23 bits per heavy atom. The molecule has 0 aliphatic heterocycles. The molecule has 1 N–H and O–H groups in total. The monoisotopic (exact) mass is 217 g/mol. The zero-order chi connectivity index (χ0) is 9.68. The van der Waals surface area contributed by atoms with Crippen LogP contribution in [0.4, 0.5) is 5.69 Å². The van der Waals surface area contributed by atoms with E-state index in [2.05, 4.69) is 12.2 Å². The maximum absolute atomic E-state index is 5.96. The highest BCUT2D eigenvalue weighted by atomic mass is 35.5. The fourth-order valence-electron chi connectivity index (χ4n) is 1.06. The van der Waals surface area contributed by atoms with E-state index in [1.807, 2.05) is 18.2 Å². The van der Waals surface area contributed by atoms with Crippen molar-refractivity contribution in [2.45, 2.75) is 19.8 Å². The van der Waals surface area contributed by atoms with Crippen molar-refractivity contribution >= 4 is 28.9 Å². The van der Waals surface area contributed by atoms with Crippen molar-refractivity contribution in [3.8, 4) is 0 Å². The highest BCUT2D eigenvalue weighted by Crippen LogP contribution is 2.29. The summed E-state index contributed by atoms with van der Waals surface area (Å²) in [5.41, 5.74) is 0.847. The van der Waals surface area contributed by atoms with E-state index in [1.54, 1.807) is 0 Å². The van der Waals surface area contributed by atoms with Crippen LogP contribution in [0.1, 0.15) is 19.8 Å². The molecule has 0 aliphatic carbocycles. The summed E-state index contributed by atoms with van der Waals surface area (Å²) in [4.78, 5) is 0. The minimum absolute atomic E-state index is 0.684. The zero-order valence-corrected chi connectivity index (χ0v) is 9.12. The summed E-state index contributed by atoms with van der Waals surface area (Å²) in [5.74, 6) is 0. The first-order valence-electron chi connectivity index (χ1n) is 4.43. The van der Waals surface area contributed by atoms with E-state index in [9.17, 15) is 0 Å². The number of hydrogen-bond acceptors (Lipinski definition) is 1. The van der Waals surface area contributed by atoms with E-state index < -0.39 is 0 Å². The van der Waals surface area contributed by atoms with Crippen molar-refractivity contribution < 1.29 is 0 Å². The summed E-state index contributed by atoms with van der Waals surface area (Å²) < 4.78 is 0. The lowest BCUT2D eigenvalue weighted by Gasteiger charge is -2.08. The van der Waals surface area contributed by atoms with Crippen LogP contribution < -0.4 is 5.32 Å². The lowest BCUT2D eigenvalue weighted by atomic mass is 10.3. The van der Waals surface area contributed by atoms with E-state index in [-0.39, 0.29) is 0 Å². The van der Waals surface area contributed by atoms with Gasteiger partial charge < -0.3 is 5.32 Å². The van der Waals surface area contributed by atoms with Crippen LogP contribution in [-0.4, -0.2) is 6.54 Å². The Kier molecular flexibility index (Phi) is 4.40. The maximum Gasteiger partial charge on any atom is 0.0718 e. The molecular weight excluding hydrogens is 205 g/mol. The van der Waals surface area contributed by atoms with Gasteiger partial charge in [-0.25, -0.2) is 0 Å². The molecule has 0 unspecified atom stereocenters. The zero-order valence-electron chi connectivity index (χ0n) is 7.61. The van der Waals surface area contributed by atoms with Crippen molar-refractivity contribution in [3.63, 3.8) is 0 Å². The molecule has 0 spiro atoms. The smallest absolute Gasteiger partial charge is 0.0718 e. The van der Waals surface area contributed by atoms with Crippen molar-refractivity contribution in [2.24, 2.45) is 0 Å². The Morgan fingerprint density at radius 3 is 2.38 bits per heavy atom. The fourth-order valence-corrected chi connectivity index (χ4v) is 1.59. The van der Waals surface area contributed by atoms with Crippen molar-refractivity contribution in [1.29, 1.82) is 0 Å². The maximum atomic E-state index is 5.96. The van der Waals surface area contributed by atoms with Crippen molar-refractivity contribution in [3.05, 3.63) is 28.2 Å². The van der Waals surface area contributed by atoms with Crippen LogP contribution in [0.15, 0.2) is 18.2 Å². The lowest BCUT2D eigenvalue weighted by Crippen LogP contribution is -2.01. The molecule has 1 nitrogen and oxygen atoms in total. The van der Waals surface area contributed by atoms with Gasteiger partial charge >= 0.3 is 0 Å². The van der Waals surface area contributed by atoms with Crippen LogP contribution in [0, 0.1) is 0 Å². The van der Waals surface area contributed by atoms with Gasteiger partial charge in [0.25, 0.3) is 0 Å². The van der Waals surface area contributed by atoms with Gasteiger partial charge in [-0.1, -0.05) is 42.6 Å². The van der Waals surface area contributed by atoms with Crippen LogP contribution in [0.25, 0.3) is 0 Å². The Balaban J connectivity index is 2.64. The molecule has 1 rings (SSSR count). The van der Waals surface area contributed by atoms with Gasteiger partial charge in [-0.2, -0.15) is 0 Å². The summed E-state index contributed by atoms with van der Waals surface area (Å²) in [6, 6.07) is 5.51. The van der Waals surface area contributed by atoms with Gasteiger partial charge in [0.1, 0.15) is 0 Å². The van der Waals surface area contributed by atoms with Crippen molar-refractivity contribution in [2.75, 3.05) is 11.9 Å². The molecule has 0 saturated carbocycles. The lowest BCUT2D eigenvalue weighted by molar-refractivity contribution is 0.834. The molecule has 0 saturated heterocycles. The second kappa shape index (κ2) is 5.36. The van der Waals surface area contributed by atoms with Crippen LogP contribution in [0.5, 0.6) is 0 Å². The highest BCUT2D eigenvalue weighted by molar-refractivity contribution is 6.39. The Bertz CT molecular complexity index is 253. The van der Waals surface area contributed by atoms with Gasteiger partial charge in [0.05, 0.1) is 15.7 Å². The van der Waals surface area contributed by atoms with Gasteiger partial charge in [0.2, 0.25) is 0 Å². The molecule has 3 heteroatoms. The molecule has 0 amide bonds. The molecule has 0 fully saturated rings. The van der Waals surface area contributed by atoms with Gasteiger partial charge in [-0.3, -0.25) is 0 Å². The summed E-state index contributed by atoms with van der Waals surface area (Å²) >= 11 is 11.9. The first kappa shape index (κ1) is 10.7. The van der Waals surface area contributed by atoms with Crippen LogP contribution in [0.3, 0.4) is 0 Å². The third-order valence-electron chi connectivity index (χ3n) is 1.79. The summed E-state index contributed by atoms with van der Waals surface area (Å²) in [5, 5.41) is 4.59. The minimum atomic E-state index is 0.684. The number of rotatable bonds is 4. The Labute approximate surface area is 89.0 Å². The van der Waals surface area contributed by atoms with Gasteiger partial charge in [0, 0.05) is 6.54 Å². The number of nitrogens with one attached hydrogen (secondary N) is 1. The SMILES string of the molecule is CCCCNc1c(Cl)cccc1Cl. The molecule has 13 heavy (non-hydrogen) atoms. The van der Waals surface area contributed by atoms with E-state index in [0.29, 0.717) is 10.0 Å². The predicted octanol–water partition coefficient (Wildman–Crippen LogP) is 4.21. The molecule has 1 aromatic carbocycles. The number of anilines is 1. The predicted molar refractivity (Wildman–Crippen MR) is 59.9 cm³/mol. The molecule has 0 radical (unpaired) electrons. The molecule has 1 aromatic rings. The molecule has 0 aliphatic rings. The average molecular weight is 218 g/mol. The highest BCUT2D eigenvalue weighted by Gasteiger charge is 2.02. The third-order valence-corrected chi connectivity index (χ3v) is 2.42. The first-order valence-corrected chi connectivity index (χ1v) is 5.19. The normalized spacial score (nSPS) is 10.1. The minimum Gasteiger partial charge on any atom is -0.383 e. The molecule has 0 heterocycles. The van der Waals surface area contributed by atoms with Crippen LogP contribution in [-0.2, 0) is 0 Å². The molecule has 0 aromatic heterocycles. The van der Waals surface area contributed by atoms with E-state index in [1.165, 1.54) is 0 Å². The summed E-state index contributed by atoms with van der Waals surface area (Å²) in [6.07, 6.45) is 2.29. The van der Waals surface area contributed by atoms with Crippen LogP contribution >= 0.6 is 23.2 Å². The average Bonchev–Trinajstić information content (AvgIpc) is 2.10. The van der Waals surface area contributed by atoms with Crippen LogP contribution in [0.2, 0.25) is 10.0 Å². The summed E-state index contributed by atoms with van der Waals surface area (Å²) in [7, 11) is 0. The van der Waals surface area contributed by atoms with E-state index in [4.69, 9.17) is 23.2 Å². The fraction of sp³-hybridized carbons (Fsp3) is 0.400. The largest absolute Gasteiger partial charge is 0.383 e. The molecule has 72 valence electrons. The first-order chi connectivity index (χ1) is 6.25. The summed E-state index contributed by atoms with van der Waals surface area (Å²) in [6.45, 7) is 3.07. The molecular formula is C10H13Cl2N. The number of unbranched alkanes of at least 4 members (excludes halogenated alkanes) is 1. The molecule has 0 atom stereocenters. The van der Waals surface area contributed by atoms with Gasteiger partial charge in [-0.15, -0.1) is 0 Å². The third kappa shape index (κ3) is 3.09. The number of benzene rings is 1. The number of hydrogen-bond donors (Lipinski definition) is 1. The number of halogens is 2. The standard InChI is InChI=1S/C10H13Cl2N/c1-2-3-7-13-10-8(11)5-4-6-9(10)12/h4-6,13H,2-3,7H2,1H3. The number of para-hydroxylation sites is 1.